The lowest BCUT2D eigenvalue weighted by Gasteiger charge is -2.13. The Bertz CT molecular complexity index is 1470. The van der Waals surface area contributed by atoms with Crippen molar-refractivity contribution in [3.8, 4) is 17.6 Å². The van der Waals surface area contributed by atoms with Crippen LogP contribution in [0, 0.1) is 17.1 Å². The van der Waals surface area contributed by atoms with Gasteiger partial charge in [0.25, 0.3) is 11.1 Å². The molecule has 0 saturated carbocycles. The van der Waals surface area contributed by atoms with E-state index in [1.165, 1.54) is 24.3 Å². The van der Waals surface area contributed by atoms with Crippen LogP contribution in [0.5, 0.6) is 11.5 Å². The van der Waals surface area contributed by atoms with Crippen molar-refractivity contribution in [2.24, 2.45) is 0 Å². The fourth-order valence-corrected chi connectivity index (χ4v) is 4.45. The number of imide groups is 1. The number of carbonyl (C=O) groups excluding carboxylic acids is 3. The normalized spacial score (nSPS) is 13.9. The number of halogens is 1. The van der Waals surface area contributed by atoms with E-state index in [2.05, 4.69) is 11.4 Å². The van der Waals surface area contributed by atoms with Crippen LogP contribution in [0.15, 0.2) is 71.6 Å². The first-order valence-electron chi connectivity index (χ1n) is 11.6. The second-order valence-electron chi connectivity index (χ2n) is 8.02. The Kier molecular flexibility index (Phi) is 8.40. The molecule has 0 atom stereocenters. The van der Waals surface area contributed by atoms with Crippen LogP contribution in [-0.4, -0.2) is 35.1 Å². The van der Waals surface area contributed by atoms with Crippen molar-refractivity contribution in [2.45, 2.75) is 13.5 Å². The number of anilines is 1. The van der Waals surface area contributed by atoms with Gasteiger partial charge in [-0.05, 0) is 66.7 Å². The van der Waals surface area contributed by atoms with Crippen LogP contribution >= 0.6 is 11.8 Å². The summed E-state index contributed by atoms with van der Waals surface area (Å²) in [6, 6.07) is 19.6. The standard InChI is InChI=1S/C28H22FN3O5S/c1-2-36-24-12-18(10-11-23(24)37-17-20-7-4-3-6-19(20)15-30)13-25-27(34)32(28(35)38-25)16-26(33)31-22-9-5-8-21(29)14-22/h3-14H,2,16-17H2,1H3,(H,31,33)/b25-13+. The first kappa shape index (κ1) is 26.4. The fraction of sp³-hybridized carbons (Fsp3) is 0.143. The molecule has 0 spiro atoms. The molecule has 0 radical (unpaired) electrons. The third-order valence-electron chi connectivity index (χ3n) is 5.37. The molecule has 3 amide bonds. The average Bonchev–Trinajstić information content (AvgIpc) is 3.15. The molecule has 0 bridgehead atoms. The largest absolute Gasteiger partial charge is 0.490 e. The predicted octanol–water partition coefficient (Wildman–Crippen LogP) is 5.35. The Labute approximate surface area is 222 Å². The van der Waals surface area contributed by atoms with Gasteiger partial charge in [0.1, 0.15) is 19.0 Å². The van der Waals surface area contributed by atoms with Crippen molar-refractivity contribution in [1.82, 2.24) is 4.90 Å². The van der Waals surface area contributed by atoms with Crippen LogP contribution in [0.4, 0.5) is 14.9 Å². The Balaban J connectivity index is 1.46. The summed E-state index contributed by atoms with van der Waals surface area (Å²) in [6.45, 7) is 1.85. The number of ether oxygens (including phenoxy) is 2. The number of thioether (sulfide) groups is 1. The predicted molar refractivity (Wildman–Crippen MR) is 141 cm³/mol. The molecule has 0 aromatic heterocycles. The SMILES string of the molecule is CCOc1cc(/C=C2/SC(=O)N(CC(=O)Nc3cccc(F)c3)C2=O)ccc1OCc1ccccc1C#N. The summed E-state index contributed by atoms with van der Waals surface area (Å²) in [6.07, 6.45) is 1.53. The molecule has 1 heterocycles. The zero-order valence-corrected chi connectivity index (χ0v) is 21.1. The Morgan fingerprint density at radius 3 is 2.66 bits per heavy atom. The Morgan fingerprint density at radius 1 is 1.08 bits per heavy atom. The van der Waals surface area contributed by atoms with E-state index < -0.39 is 29.4 Å². The summed E-state index contributed by atoms with van der Waals surface area (Å²) in [5.41, 5.74) is 2.06. The van der Waals surface area contributed by atoms with Crippen LogP contribution in [-0.2, 0) is 16.2 Å². The van der Waals surface area contributed by atoms with Gasteiger partial charge >= 0.3 is 0 Å². The van der Waals surface area contributed by atoms with Crippen LogP contribution in [0.2, 0.25) is 0 Å². The maximum absolute atomic E-state index is 13.3. The van der Waals surface area contributed by atoms with Crippen LogP contribution < -0.4 is 14.8 Å². The van der Waals surface area contributed by atoms with Gasteiger partial charge in [0.2, 0.25) is 5.91 Å². The molecular formula is C28H22FN3O5S. The summed E-state index contributed by atoms with van der Waals surface area (Å²) >= 11 is 0.718. The van der Waals surface area contributed by atoms with Gasteiger partial charge in [0, 0.05) is 11.3 Å². The van der Waals surface area contributed by atoms with E-state index in [0.717, 1.165) is 28.3 Å². The van der Waals surface area contributed by atoms with Crippen molar-refractivity contribution in [1.29, 1.82) is 5.26 Å². The minimum absolute atomic E-state index is 0.146. The minimum Gasteiger partial charge on any atom is -0.490 e. The highest BCUT2D eigenvalue weighted by Gasteiger charge is 2.36. The molecule has 3 aromatic carbocycles. The number of nitriles is 1. The lowest BCUT2D eigenvalue weighted by atomic mass is 10.1. The van der Waals surface area contributed by atoms with Crippen molar-refractivity contribution in [2.75, 3.05) is 18.5 Å². The number of nitrogens with zero attached hydrogens (tertiary/aromatic N) is 2. The molecule has 1 fully saturated rings. The number of benzene rings is 3. The molecule has 10 heteroatoms. The van der Waals surface area contributed by atoms with Crippen molar-refractivity contribution >= 4 is 40.6 Å². The molecule has 192 valence electrons. The average molecular weight is 532 g/mol. The summed E-state index contributed by atoms with van der Waals surface area (Å²) < 4.78 is 25.0. The molecule has 0 aliphatic carbocycles. The quantitative estimate of drug-likeness (QED) is 0.371. The van der Waals surface area contributed by atoms with E-state index in [1.807, 2.05) is 19.1 Å². The molecular weight excluding hydrogens is 509 g/mol. The number of nitrogens with one attached hydrogen (secondary N) is 1. The highest BCUT2D eigenvalue weighted by atomic mass is 32.2. The monoisotopic (exact) mass is 531 g/mol. The third-order valence-corrected chi connectivity index (χ3v) is 6.28. The maximum Gasteiger partial charge on any atom is 0.294 e. The number of hydrogen-bond donors (Lipinski definition) is 1. The Hall–Kier alpha value is -4.62. The molecule has 4 rings (SSSR count). The lowest BCUT2D eigenvalue weighted by Crippen LogP contribution is -2.36. The molecule has 3 aromatic rings. The number of hydrogen-bond acceptors (Lipinski definition) is 7. The second-order valence-corrected chi connectivity index (χ2v) is 9.02. The first-order valence-corrected chi connectivity index (χ1v) is 12.4. The summed E-state index contributed by atoms with van der Waals surface area (Å²) in [5.74, 6) is -0.868. The highest BCUT2D eigenvalue weighted by molar-refractivity contribution is 8.18. The minimum atomic E-state index is -0.628. The van der Waals surface area contributed by atoms with E-state index >= 15 is 0 Å². The van der Waals surface area contributed by atoms with E-state index in [1.54, 1.807) is 30.3 Å². The van der Waals surface area contributed by atoms with E-state index in [0.29, 0.717) is 29.2 Å². The first-order chi connectivity index (χ1) is 18.4. The summed E-state index contributed by atoms with van der Waals surface area (Å²) in [4.78, 5) is 38.6. The molecule has 8 nitrogen and oxygen atoms in total. The van der Waals surface area contributed by atoms with Crippen LogP contribution in [0.1, 0.15) is 23.6 Å². The molecule has 1 aliphatic heterocycles. The van der Waals surface area contributed by atoms with Gasteiger partial charge in [-0.1, -0.05) is 30.3 Å². The van der Waals surface area contributed by atoms with Gasteiger partial charge < -0.3 is 14.8 Å². The van der Waals surface area contributed by atoms with Gasteiger partial charge in [0.15, 0.2) is 11.5 Å². The zero-order valence-electron chi connectivity index (χ0n) is 20.3. The number of carbonyl (C=O) groups is 3. The van der Waals surface area contributed by atoms with Gasteiger partial charge in [-0.15, -0.1) is 0 Å². The van der Waals surface area contributed by atoms with Gasteiger partial charge in [-0.3, -0.25) is 19.3 Å². The number of amides is 3. The lowest BCUT2D eigenvalue weighted by molar-refractivity contribution is -0.127. The van der Waals surface area contributed by atoms with Crippen molar-refractivity contribution in [3.63, 3.8) is 0 Å². The highest BCUT2D eigenvalue weighted by Crippen LogP contribution is 2.35. The second kappa shape index (κ2) is 12.1. The van der Waals surface area contributed by atoms with Gasteiger partial charge in [0.05, 0.1) is 23.1 Å². The zero-order chi connectivity index (χ0) is 27.1. The van der Waals surface area contributed by atoms with E-state index in [-0.39, 0.29) is 17.2 Å². The summed E-state index contributed by atoms with van der Waals surface area (Å²) in [7, 11) is 0. The van der Waals surface area contributed by atoms with Crippen molar-refractivity contribution < 1.29 is 28.2 Å². The van der Waals surface area contributed by atoms with Gasteiger partial charge in [-0.25, -0.2) is 4.39 Å². The summed E-state index contributed by atoms with van der Waals surface area (Å²) in [5, 5.41) is 11.2. The Morgan fingerprint density at radius 2 is 1.89 bits per heavy atom. The molecule has 1 aliphatic rings. The topological polar surface area (TPSA) is 109 Å². The molecule has 1 N–H and O–H groups in total. The molecule has 38 heavy (non-hydrogen) atoms. The maximum atomic E-state index is 13.3. The number of rotatable bonds is 9. The van der Waals surface area contributed by atoms with E-state index in [4.69, 9.17) is 9.47 Å². The van der Waals surface area contributed by atoms with Gasteiger partial charge in [-0.2, -0.15) is 5.26 Å². The smallest absolute Gasteiger partial charge is 0.294 e. The van der Waals surface area contributed by atoms with Crippen LogP contribution in [0.3, 0.4) is 0 Å². The van der Waals surface area contributed by atoms with Crippen molar-refractivity contribution in [3.05, 3.63) is 94.1 Å². The third kappa shape index (κ3) is 6.38. The van der Waals surface area contributed by atoms with E-state index in [9.17, 15) is 24.0 Å². The van der Waals surface area contributed by atoms with Crippen LogP contribution in [0.25, 0.3) is 6.08 Å². The fourth-order valence-electron chi connectivity index (χ4n) is 3.61. The molecule has 1 saturated heterocycles. The molecule has 0 unspecified atom stereocenters.